The number of hydrogen-bond acceptors (Lipinski definition) is 1. The van der Waals surface area contributed by atoms with Gasteiger partial charge in [0.05, 0.1) is 10.7 Å². The molecule has 0 aliphatic rings. The zero-order valence-electron chi connectivity index (χ0n) is 8.47. The molecule has 1 rings (SSSR count). The van der Waals surface area contributed by atoms with Crippen molar-refractivity contribution in [3.05, 3.63) is 28.8 Å². The number of aryl methyl sites for hydroxylation is 1. The summed E-state index contributed by atoms with van der Waals surface area (Å²) >= 11 is 5.91. The summed E-state index contributed by atoms with van der Waals surface area (Å²) in [5.41, 5.74) is 1.70. The van der Waals surface area contributed by atoms with Crippen molar-refractivity contribution in [1.82, 2.24) is 4.90 Å². The lowest BCUT2D eigenvalue weighted by Crippen LogP contribution is -2.27. The van der Waals surface area contributed by atoms with Gasteiger partial charge < -0.3 is 10.2 Å². The highest BCUT2D eigenvalue weighted by Crippen LogP contribution is 2.22. The number of carbonyl (C=O) groups excluding carboxylic acids is 1. The smallest absolute Gasteiger partial charge is 0.321 e. The Morgan fingerprint density at radius 3 is 2.64 bits per heavy atom. The topological polar surface area (TPSA) is 32.3 Å². The van der Waals surface area contributed by atoms with Crippen molar-refractivity contribution in [2.75, 3.05) is 19.4 Å². The third kappa shape index (κ3) is 2.64. The molecule has 0 aromatic heterocycles. The molecule has 4 heteroatoms. The Balaban J connectivity index is 2.86. The van der Waals surface area contributed by atoms with Crippen LogP contribution in [-0.2, 0) is 0 Å². The first-order chi connectivity index (χ1) is 6.50. The van der Waals surface area contributed by atoms with Gasteiger partial charge in [0.1, 0.15) is 0 Å². The summed E-state index contributed by atoms with van der Waals surface area (Å²) in [7, 11) is 3.36. The van der Waals surface area contributed by atoms with Gasteiger partial charge in [0, 0.05) is 14.1 Å². The largest absolute Gasteiger partial charge is 0.331 e. The lowest BCUT2D eigenvalue weighted by atomic mass is 10.2. The molecule has 14 heavy (non-hydrogen) atoms. The molecule has 0 aliphatic heterocycles. The number of carbonyl (C=O) groups is 1. The Morgan fingerprint density at radius 1 is 1.43 bits per heavy atom. The Labute approximate surface area is 88.7 Å². The van der Waals surface area contributed by atoms with Gasteiger partial charge in [-0.3, -0.25) is 0 Å². The van der Waals surface area contributed by atoms with Crippen LogP contribution in [0, 0.1) is 6.92 Å². The van der Waals surface area contributed by atoms with E-state index in [1.54, 1.807) is 20.2 Å². The van der Waals surface area contributed by atoms with Crippen LogP contribution in [0.5, 0.6) is 0 Å². The van der Waals surface area contributed by atoms with Crippen LogP contribution >= 0.6 is 11.6 Å². The molecule has 2 amide bonds. The highest BCUT2D eigenvalue weighted by atomic mass is 35.5. The average molecular weight is 213 g/mol. The zero-order chi connectivity index (χ0) is 10.7. The van der Waals surface area contributed by atoms with Gasteiger partial charge in [-0.15, -0.1) is 0 Å². The van der Waals surface area contributed by atoms with Gasteiger partial charge in [-0.25, -0.2) is 4.79 Å². The molecule has 0 aliphatic carbocycles. The average Bonchev–Trinajstić information content (AvgIpc) is 2.11. The molecule has 1 aromatic carbocycles. The molecule has 0 bridgehead atoms. The predicted molar refractivity (Wildman–Crippen MR) is 58.9 cm³/mol. The normalized spacial score (nSPS) is 9.71. The van der Waals surface area contributed by atoms with Crippen molar-refractivity contribution >= 4 is 23.3 Å². The minimum absolute atomic E-state index is 0.183. The van der Waals surface area contributed by atoms with Crippen molar-refractivity contribution in [1.29, 1.82) is 0 Å². The molecule has 0 saturated heterocycles. The summed E-state index contributed by atoms with van der Waals surface area (Å²) in [5, 5.41) is 3.25. The summed E-state index contributed by atoms with van der Waals surface area (Å²) in [4.78, 5) is 12.8. The van der Waals surface area contributed by atoms with Crippen LogP contribution in [0.1, 0.15) is 5.56 Å². The van der Waals surface area contributed by atoms with Gasteiger partial charge in [-0.05, 0) is 24.6 Å². The number of benzene rings is 1. The number of amides is 2. The van der Waals surface area contributed by atoms with Gasteiger partial charge in [-0.1, -0.05) is 17.7 Å². The fourth-order valence-corrected chi connectivity index (χ4v) is 1.13. The third-order valence-corrected chi connectivity index (χ3v) is 2.10. The number of urea groups is 1. The van der Waals surface area contributed by atoms with Crippen LogP contribution in [0.3, 0.4) is 0 Å². The van der Waals surface area contributed by atoms with Crippen molar-refractivity contribution in [2.45, 2.75) is 6.92 Å². The van der Waals surface area contributed by atoms with E-state index in [4.69, 9.17) is 11.6 Å². The Bertz CT molecular complexity index is 350. The second kappa shape index (κ2) is 4.33. The summed E-state index contributed by atoms with van der Waals surface area (Å²) in [6.45, 7) is 1.95. The maximum Gasteiger partial charge on any atom is 0.321 e. The van der Waals surface area contributed by atoms with Gasteiger partial charge >= 0.3 is 6.03 Å². The van der Waals surface area contributed by atoms with E-state index >= 15 is 0 Å². The number of halogens is 1. The fraction of sp³-hybridized carbons (Fsp3) is 0.300. The predicted octanol–water partition coefficient (Wildman–Crippen LogP) is 2.74. The molecule has 0 radical (unpaired) electrons. The van der Waals surface area contributed by atoms with Crippen LogP contribution in [0.4, 0.5) is 10.5 Å². The van der Waals surface area contributed by atoms with Crippen LogP contribution < -0.4 is 5.32 Å². The monoisotopic (exact) mass is 212 g/mol. The van der Waals surface area contributed by atoms with E-state index in [1.165, 1.54) is 4.90 Å². The molecule has 0 fully saturated rings. The lowest BCUT2D eigenvalue weighted by Gasteiger charge is -2.13. The van der Waals surface area contributed by atoms with Gasteiger partial charge in [-0.2, -0.15) is 0 Å². The second-order valence-electron chi connectivity index (χ2n) is 3.31. The minimum Gasteiger partial charge on any atom is -0.331 e. The second-order valence-corrected chi connectivity index (χ2v) is 3.72. The Kier molecular flexibility index (Phi) is 3.36. The fourth-order valence-electron chi connectivity index (χ4n) is 0.962. The molecule has 0 atom stereocenters. The summed E-state index contributed by atoms with van der Waals surface area (Å²) in [6, 6.07) is 5.32. The number of nitrogens with zero attached hydrogens (tertiary/aromatic N) is 1. The van der Waals surface area contributed by atoms with Crippen molar-refractivity contribution in [2.24, 2.45) is 0 Å². The van der Waals surface area contributed by atoms with E-state index in [9.17, 15) is 4.79 Å². The third-order valence-electron chi connectivity index (χ3n) is 1.77. The molecule has 1 aromatic rings. The standard InChI is InChI=1S/C10H13ClN2O/c1-7-4-5-8(11)9(6-7)12-10(14)13(2)3/h4-6H,1-3H3,(H,12,14). The number of hydrogen-bond donors (Lipinski definition) is 1. The minimum atomic E-state index is -0.183. The molecular weight excluding hydrogens is 200 g/mol. The summed E-state index contributed by atoms with van der Waals surface area (Å²) in [5.74, 6) is 0. The summed E-state index contributed by atoms with van der Waals surface area (Å²) < 4.78 is 0. The van der Waals surface area contributed by atoms with Crippen LogP contribution in [0.2, 0.25) is 5.02 Å². The first kappa shape index (κ1) is 10.9. The molecule has 76 valence electrons. The SMILES string of the molecule is Cc1ccc(Cl)c(NC(=O)N(C)C)c1. The maximum absolute atomic E-state index is 11.3. The highest BCUT2D eigenvalue weighted by molar-refractivity contribution is 6.33. The van der Waals surface area contributed by atoms with Crippen LogP contribution in [-0.4, -0.2) is 25.0 Å². The molecule has 3 nitrogen and oxygen atoms in total. The maximum atomic E-state index is 11.3. The molecule has 0 unspecified atom stereocenters. The summed E-state index contributed by atoms with van der Waals surface area (Å²) in [6.07, 6.45) is 0. The van der Waals surface area contributed by atoms with E-state index < -0.39 is 0 Å². The van der Waals surface area contributed by atoms with E-state index in [2.05, 4.69) is 5.32 Å². The molecule has 1 N–H and O–H groups in total. The first-order valence-electron chi connectivity index (χ1n) is 4.25. The quantitative estimate of drug-likeness (QED) is 0.763. The van der Waals surface area contributed by atoms with Gasteiger partial charge in [0.2, 0.25) is 0 Å². The zero-order valence-corrected chi connectivity index (χ0v) is 9.22. The van der Waals surface area contributed by atoms with Crippen molar-refractivity contribution in [3.63, 3.8) is 0 Å². The van der Waals surface area contributed by atoms with Crippen molar-refractivity contribution in [3.8, 4) is 0 Å². The van der Waals surface area contributed by atoms with E-state index in [-0.39, 0.29) is 6.03 Å². The lowest BCUT2D eigenvalue weighted by molar-refractivity contribution is 0.230. The molecule has 0 spiro atoms. The van der Waals surface area contributed by atoms with Crippen LogP contribution in [0.25, 0.3) is 0 Å². The Hall–Kier alpha value is -1.22. The Morgan fingerprint density at radius 2 is 2.07 bits per heavy atom. The van der Waals surface area contributed by atoms with Gasteiger partial charge in [0.25, 0.3) is 0 Å². The van der Waals surface area contributed by atoms with E-state index in [1.807, 2.05) is 19.1 Å². The molecule has 0 heterocycles. The molecule has 0 saturated carbocycles. The number of nitrogens with one attached hydrogen (secondary N) is 1. The van der Waals surface area contributed by atoms with E-state index in [0.29, 0.717) is 10.7 Å². The highest BCUT2D eigenvalue weighted by Gasteiger charge is 2.06. The van der Waals surface area contributed by atoms with Gasteiger partial charge in [0.15, 0.2) is 0 Å². The molecular formula is C10H13ClN2O. The number of rotatable bonds is 1. The van der Waals surface area contributed by atoms with E-state index in [0.717, 1.165) is 5.56 Å². The first-order valence-corrected chi connectivity index (χ1v) is 4.63. The van der Waals surface area contributed by atoms with Crippen LogP contribution in [0.15, 0.2) is 18.2 Å². The number of anilines is 1. The van der Waals surface area contributed by atoms with Crippen molar-refractivity contribution < 1.29 is 4.79 Å².